The summed E-state index contributed by atoms with van der Waals surface area (Å²) < 4.78 is 28.2. The summed E-state index contributed by atoms with van der Waals surface area (Å²) in [6, 6.07) is 7.62. The summed E-state index contributed by atoms with van der Waals surface area (Å²) >= 11 is 0. The van der Waals surface area contributed by atoms with Gasteiger partial charge in [0.15, 0.2) is 0 Å². The summed E-state index contributed by atoms with van der Waals surface area (Å²) in [6.07, 6.45) is 0.682. The van der Waals surface area contributed by atoms with Gasteiger partial charge in [-0.05, 0) is 11.1 Å². The van der Waals surface area contributed by atoms with Crippen LogP contribution in [0.25, 0.3) is 0 Å². The molecule has 2 aliphatic heterocycles. The Morgan fingerprint density at radius 2 is 0.975 bits per heavy atom. The smallest absolute Gasteiger partial charge is 0.333 e. The molecule has 4 heterocycles. The Bertz CT molecular complexity index is 1620. The van der Waals surface area contributed by atoms with Crippen LogP contribution in [0.1, 0.15) is 60.8 Å². The predicted octanol–water partition coefficient (Wildman–Crippen LogP) is 1.04. The van der Waals surface area contributed by atoms with E-state index in [4.69, 9.17) is 18.9 Å². The molecular weight excluding hydrogens is 520 g/mol. The van der Waals surface area contributed by atoms with Gasteiger partial charge < -0.3 is 18.9 Å². The number of methoxy groups -OCH3 is 2. The van der Waals surface area contributed by atoms with Crippen molar-refractivity contribution in [2.45, 2.75) is 50.1 Å². The maximum atomic E-state index is 13.3. The van der Waals surface area contributed by atoms with E-state index in [1.165, 1.54) is 37.4 Å². The van der Waals surface area contributed by atoms with Gasteiger partial charge in [0, 0.05) is 80.9 Å². The van der Waals surface area contributed by atoms with Gasteiger partial charge in [-0.15, -0.1) is 0 Å². The van der Waals surface area contributed by atoms with E-state index in [1.807, 2.05) is 24.3 Å². The lowest BCUT2D eigenvalue weighted by Crippen LogP contribution is -2.48. The topological polar surface area (TPSA) is 125 Å². The number of aromatic nitrogens is 4. The molecule has 0 saturated heterocycles. The molecule has 0 N–H and O–H groups in total. The van der Waals surface area contributed by atoms with E-state index in [0.29, 0.717) is 24.0 Å². The Morgan fingerprint density at radius 1 is 0.650 bits per heavy atom. The van der Waals surface area contributed by atoms with Gasteiger partial charge >= 0.3 is 11.4 Å². The first-order valence-electron chi connectivity index (χ1n) is 12.9. The number of benzene rings is 1. The molecule has 0 fully saturated rings. The van der Waals surface area contributed by atoms with Crippen molar-refractivity contribution in [2.75, 3.05) is 14.2 Å². The van der Waals surface area contributed by atoms with Gasteiger partial charge in [-0.1, -0.05) is 24.3 Å². The van der Waals surface area contributed by atoms with Crippen molar-refractivity contribution < 1.29 is 18.9 Å². The molecule has 3 aromatic rings. The monoisotopic (exact) mass is 554 g/mol. The van der Waals surface area contributed by atoms with Gasteiger partial charge in [-0.3, -0.25) is 27.9 Å². The maximum absolute atomic E-state index is 13.3. The minimum absolute atomic E-state index is 0.177. The number of rotatable bonds is 4. The largest absolute Gasteiger partial charge is 0.447 e. The number of fused-ring (bicyclic) bond motifs is 2. The van der Waals surface area contributed by atoms with E-state index >= 15 is 0 Å². The SMILES string of the molecule is COC1(C)CC(c2ccc(C3CC(C)(OC)Oc4c3c(=O)n(C)c(=O)n4C)cc2)c2c(n(C)c(=O)n(C)c2=O)O1. The van der Waals surface area contributed by atoms with Crippen molar-refractivity contribution in [2.24, 2.45) is 28.2 Å². The van der Waals surface area contributed by atoms with Crippen LogP contribution in [-0.4, -0.2) is 44.1 Å². The molecule has 0 radical (unpaired) electrons. The molecule has 5 rings (SSSR count). The zero-order valence-electron chi connectivity index (χ0n) is 23.9. The Kier molecular flexibility index (Phi) is 6.46. The highest BCUT2D eigenvalue weighted by atomic mass is 16.7. The highest BCUT2D eigenvalue weighted by Crippen LogP contribution is 2.45. The second-order valence-electron chi connectivity index (χ2n) is 10.9. The maximum Gasteiger partial charge on any atom is 0.333 e. The second-order valence-corrected chi connectivity index (χ2v) is 10.9. The summed E-state index contributed by atoms with van der Waals surface area (Å²) in [4.78, 5) is 51.8. The van der Waals surface area contributed by atoms with Crippen molar-refractivity contribution in [1.29, 1.82) is 0 Å². The van der Waals surface area contributed by atoms with Crippen molar-refractivity contribution in [1.82, 2.24) is 18.3 Å². The number of hydrogen-bond acceptors (Lipinski definition) is 8. The quantitative estimate of drug-likeness (QED) is 0.469. The molecule has 214 valence electrons. The fourth-order valence-electron chi connectivity index (χ4n) is 5.76. The molecule has 12 nitrogen and oxygen atoms in total. The molecule has 2 aromatic heterocycles. The summed E-state index contributed by atoms with van der Waals surface area (Å²) in [5.74, 6) is -2.62. The van der Waals surface area contributed by atoms with E-state index in [0.717, 1.165) is 20.3 Å². The predicted molar refractivity (Wildman–Crippen MR) is 145 cm³/mol. The Labute approximate surface area is 229 Å². The first kappa shape index (κ1) is 27.7. The number of ether oxygens (including phenoxy) is 4. The minimum atomic E-state index is -1.07. The number of nitrogens with zero attached hydrogens (tertiary/aromatic N) is 4. The van der Waals surface area contributed by atoms with E-state index in [2.05, 4.69) is 0 Å². The Hall–Kier alpha value is -3.90. The van der Waals surface area contributed by atoms with Crippen LogP contribution >= 0.6 is 0 Å². The van der Waals surface area contributed by atoms with Crippen molar-refractivity contribution in [3.8, 4) is 11.8 Å². The molecule has 0 spiro atoms. The van der Waals surface area contributed by atoms with Gasteiger partial charge in [0.05, 0.1) is 11.1 Å². The van der Waals surface area contributed by atoms with E-state index < -0.39 is 45.9 Å². The van der Waals surface area contributed by atoms with Crippen molar-refractivity contribution in [3.63, 3.8) is 0 Å². The molecule has 4 unspecified atom stereocenters. The zero-order chi connectivity index (χ0) is 29.3. The van der Waals surface area contributed by atoms with E-state index in [9.17, 15) is 19.2 Å². The first-order valence-corrected chi connectivity index (χ1v) is 12.9. The van der Waals surface area contributed by atoms with Crippen LogP contribution in [0.2, 0.25) is 0 Å². The third-order valence-electron chi connectivity index (χ3n) is 8.36. The fraction of sp³-hybridized carbons (Fsp3) is 0.500. The fourth-order valence-corrected chi connectivity index (χ4v) is 5.76. The molecule has 1 aromatic carbocycles. The van der Waals surface area contributed by atoms with Crippen LogP contribution in [0.15, 0.2) is 43.4 Å². The summed E-state index contributed by atoms with van der Waals surface area (Å²) in [5.41, 5.74) is 0.554. The van der Waals surface area contributed by atoms with Crippen molar-refractivity contribution in [3.05, 3.63) is 88.2 Å². The highest BCUT2D eigenvalue weighted by molar-refractivity contribution is 5.44. The van der Waals surface area contributed by atoms with Crippen LogP contribution in [0.5, 0.6) is 11.8 Å². The lowest BCUT2D eigenvalue weighted by Gasteiger charge is -2.39. The summed E-state index contributed by atoms with van der Waals surface area (Å²) in [6.45, 7) is 3.54. The highest BCUT2D eigenvalue weighted by Gasteiger charge is 2.44. The van der Waals surface area contributed by atoms with Gasteiger partial charge in [-0.2, -0.15) is 0 Å². The molecule has 12 heteroatoms. The molecule has 4 atom stereocenters. The summed E-state index contributed by atoms with van der Waals surface area (Å²) in [5, 5.41) is 0. The molecule has 0 saturated carbocycles. The normalized spacial score (nSPS) is 25.5. The second kappa shape index (κ2) is 9.34. The van der Waals surface area contributed by atoms with Crippen LogP contribution in [0.3, 0.4) is 0 Å². The third-order valence-corrected chi connectivity index (χ3v) is 8.36. The molecule has 2 aliphatic rings. The lowest BCUT2D eigenvalue weighted by atomic mass is 9.81. The van der Waals surface area contributed by atoms with Crippen molar-refractivity contribution >= 4 is 0 Å². The van der Waals surface area contributed by atoms with Gasteiger partial charge in [0.25, 0.3) is 11.1 Å². The van der Waals surface area contributed by atoms with Crippen LogP contribution in [0, 0.1) is 0 Å². The standard InChI is InChI=1S/C28H34N4O8/c1-27(37-7)13-17(19-21(33)29(3)25(35)31(5)23(19)39-27)15-9-11-16(12-10-15)18-14-28(2,38-8)40-24-20(18)22(34)30(4)26(36)32(24)6/h9-12,17-18H,13-14H2,1-8H3. The lowest BCUT2D eigenvalue weighted by molar-refractivity contribution is -0.168. The Morgan fingerprint density at radius 3 is 1.27 bits per heavy atom. The molecular formula is C28H34N4O8. The third kappa shape index (κ3) is 4.05. The molecule has 0 bridgehead atoms. The van der Waals surface area contributed by atoms with Crippen LogP contribution in [-0.2, 0) is 37.7 Å². The van der Waals surface area contributed by atoms with Crippen LogP contribution < -0.4 is 32.0 Å². The minimum Gasteiger partial charge on any atom is -0.447 e. The average molecular weight is 555 g/mol. The average Bonchev–Trinajstić information content (AvgIpc) is 2.96. The molecule has 0 aliphatic carbocycles. The van der Waals surface area contributed by atoms with Crippen LogP contribution in [0.4, 0.5) is 0 Å². The van der Waals surface area contributed by atoms with E-state index in [1.54, 1.807) is 27.9 Å². The van der Waals surface area contributed by atoms with Gasteiger partial charge in [0.2, 0.25) is 23.3 Å². The van der Waals surface area contributed by atoms with Gasteiger partial charge in [-0.25, -0.2) is 9.59 Å². The molecule has 0 amide bonds. The van der Waals surface area contributed by atoms with E-state index in [-0.39, 0.29) is 11.8 Å². The van der Waals surface area contributed by atoms with Gasteiger partial charge in [0.1, 0.15) is 0 Å². The zero-order valence-corrected chi connectivity index (χ0v) is 23.9. The summed E-state index contributed by atoms with van der Waals surface area (Å²) in [7, 11) is 9.05. The Balaban J connectivity index is 1.65. The first-order chi connectivity index (χ1) is 18.8. The number of hydrogen-bond donors (Lipinski definition) is 0. The molecule has 40 heavy (non-hydrogen) atoms.